The van der Waals surface area contributed by atoms with E-state index >= 15 is 0 Å². The van der Waals surface area contributed by atoms with Gasteiger partial charge >= 0.3 is 0 Å². The molecule has 2 heteroatoms. The first-order valence-corrected chi connectivity index (χ1v) is 4.10. The molecule has 0 unspecified atom stereocenters. The molecule has 1 aromatic heterocycles. The van der Waals surface area contributed by atoms with E-state index in [-0.39, 0.29) is 5.60 Å². The number of rotatable bonds is 1. The SMILES string of the molecule is CC(C)(C)Oc1[c]ccs1. The molecule has 55 valence electrons. The topological polar surface area (TPSA) is 9.23 Å². The first-order valence-electron chi connectivity index (χ1n) is 3.22. The van der Waals surface area contributed by atoms with Gasteiger partial charge in [-0.3, -0.25) is 0 Å². The fourth-order valence-electron chi connectivity index (χ4n) is 0.564. The average molecular weight is 155 g/mol. The second-order valence-corrected chi connectivity index (χ2v) is 3.95. The predicted octanol–water partition coefficient (Wildman–Crippen LogP) is 2.73. The molecule has 0 atom stereocenters. The number of hydrogen-bond donors (Lipinski definition) is 0. The van der Waals surface area contributed by atoms with Gasteiger partial charge in [-0.1, -0.05) is 0 Å². The quantitative estimate of drug-likeness (QED) is 0.606. The zero-order chi connectivity index (χ0) is 7.61. The lowest BCUT2D eigenvalue weighted by Gasteiger charge is -2.18. The molecule has 0 N–H and O–H groups in total. The van der Waals surface area contributed by atoms with Crippen LogP contribution in [-0.2, 0) is 0 Å². The summed E-state index contributed by atoms with van der Waals surface area (Å²) >= 11 is 1.57. The molecule has 0 bridgehead atoms. The van der Waals surface area contributed by atoms with Crippen LogP contribution in [0.2, 0.25) is 0 Å². The van der Waals surface area contributed by atoms with E-state index in [0.29, 0.717) is 0 Å². The van der Waals surface area contributed by atoms with Crippen molar-refractivity contribution >= 4 is 11.3 Å². The molecule has 0 amide bonds. The van der Waals surface area contributed by atoms with Crippen molar-refractivity contribution in [3.8, 4) is 5.06 Å². The van der Waals surface area contributed by atoms with E-state index in [0.717, 1.165) is 5.06 Å². The van der Waals surface area contributed by atoms with Gasteiger partial charge in [-0.05, 0) is 32.2 Å². The molecule has 0 aliphatic carbocycles. The summed E-state index contributed by atoms with van der Waals surface area (Å²) in [7, 11) is 0. The summed E-state index contributed by atoms with van der Waals surface area (Å²) in [6.07, 6.45) is 0. The maximum absolute atomic E-state index is 5.50. The first-order chi connectivity index (χ1) is 4.58. The van der Waals surface area contributed by atoms with Gasteiger partial charge in [0.25, 0.3) is 0 Å². The lowest BCUT2D eigenvalue weighted by atomic mass is 10.2. The maximum atomic E-state index is 5.50. The molecule has 1 rings (SSSR count). The fourth-order valence-corrected chi connectivity index (χ4v) is 1.26. The second-order valence-electron chi connectivity index (χ2n) is 3.07. The monoisotopic (exact) mass is 155 g/mol. The number of ether oxygens (including phenoxy) is 1. The summed E-state index contributed by atoms with van der Waals surface area (Å²) < 4.78 is 5.50. The van der Waals surface area contributed by atoms with Crippen molar-refractivity contribution < 1.29 is 4.74 Å². The van der Waals surface area contributed by atoms with E-state index in [1.165, 1.54) is 0 Å². The number of thiophene rings is 1. The van der Waals surface area contributed by atoms with E-state index in [9.17, 15) is 0 Å². The van der Waals surface area contributed by atoms with Gasteiger partial charge in [0.2, 0.25) is 0 Å². The molecule has 0 spiro atoms. The molecule has 1 nitrogen and oxygen atoms in total. The molecule has 0 aliphatic rings. The van der Waals surface area contributed by atoms with Crippen molar-refractivity contribution in [3.05, 3.63) is 17.5 Å². The number of hydrogen-bond acceptors (Lipinski definition) is 2. The van der Waals surface area contributed by atoms with Crippen LogP contribution in [0.1, 0.15) is 20.8 Å². The molecule has 0 saturated heterocycles. The first kappa shape index (κ1) is 7.61. The van der Waals surface area contributed by atoms with Crippen LogP contribution in [0.4, 0.5) is 0 Å². The van der Waals surface area contributed by atoms with Gasteiger partial charge in [0, 0.05) is 6.07 Å². The predicted molar refractivity (Wildman–Crippen MR) is 43.5 cm³/mol. The van der Waals surface area contributed by atoms with Crippen molar-refractivity contribution in [3.63, 3.8) is 0 Å². The Morgan fingerprint density at radius 2 is 2.20 bits per heavy atom. The molecule has 0 saturated carbocycles. The lowest BCUT2D eigenvalue weighted by molar-refractivity contribution is 0.136. The van der Waals surface area contributed by atoms with Gasteiger partial charge in [-0.15, -0.1) is 11.3 Å². The van der Waals surface area contributed by atoms with E-state index in [1.807, 2.05) is 32.2 Å². The van der Waals surface area contributed by atoms with Crippen LogP contribution in [0, 0.1) is 6.07 Å². The highest BCUT2D eigenvalue weighted by atomic mass is 32.1. The zero-order valence-corrected chi connectivity index (χ0v) is 7.29. The summed E-state index contributed by atoms with van der Waals surface area (Å²) in [5, 5.41) is 2.83. The Labute approximate surface area is 65.6 Å². The highest BCUT2D eigenvalue weighted by molar-refractivity contribution is 7.11. The normalized spacial score (nSPS) is 11.5. The van der Waals surface area contributed by atoms with Gasteiger partial charge in [-0.25, -0.2) is 0 Å². The summed E-state index contributed by atoms with van der Waals surface area (Å²) in [6, 6.07) is 4.86. The van der Waals surface area contributed by atoms with E-state index < -0.39 is 0 Å². The van der Waals surface area contributed by atoms with Crippen molar-refractivity contribution in [2.45, 2.75) is 26.4 Å². The van der Waals surface area contributed by atoms with Crippen LogP contribution in [-0.4, -0.2) is 5.60 Å². The van der Waals surface area contributed by atoms with Crippen molar-refractivity contribution in [2.75, 3.05) is 0 Å². The Hall–Kier alpha value is -0.500. The summed E-state index contributed by atoms with van der Waals surface area (Å²) in [4.78, 5) is 0. The van der Waals surface area contributed by atoms with Gasteiger partial charge in [0.05, 0.1) is 0 Å². The smallest absolute Gasteiger partial charge is 0.182 e. The Balaban J connectivity index is 2.57. The van der Waals surface area contributed by atoms with Crippen LogP contribution in [0.5, 0.6) is 5.06 Å². The molecular formula is C8H11OS. The van der Waals surface area contributed by atoms with Gasteiger partial charge in [0.1, 0.15) is 5.60 Å². The summed E-state index contributed by atoms with van der Waals surface area (Å²) in [6.45, 7) is 6.08. The van der Waals surface area contributed by atoms with E-state index in [2.05, 4.69) is 6.07 Å². The van der Waals surface area contributed by atoms with Crippen molar-refractivity contribution in [1.29, 1.82) is 0 Å². The van der Waals surface area contributed by atoms with E-state index in [1.54, 1.807) is 11.3 Å². The fraction of sp³-hybridized carbons (Fsp3) is 0.500. The third-order valence-corrected chi connectivity index (χ3v) is 1.53. The highest BCUT2D eigenvalue weighted by Crippen LogP contribution is 2.22. The van der Waals surface area contributed by atoms with Gasteiger partial charge in [0.15, 0.2) is 5.06 Å². The van der Waals surface area contributed by atoms with Crippen LogP contribution in [0.25, 0.3) is 0 Å². The summed E-state index contributed by atoms with van der Waals surface area (Å²) in [5.74, 6) is 0. The Kier molecular flexibility index (Phi) is 2.00. The Morgan fingerprint density at radius 3 is 2.60 bits per heavy atom. The largest absolute Gasteiger partial charge is 0.478 e. The van der Waals surface area contributed by atoms with Crippen LogP contribution in [0.15, 0.2) is 11.4 Å². The average Bonchev–Trinajstić information content (AvgIpc) is 2.12. The minimum Gasteiger partial charge on any atom is -0.478 e. The maximum Gasteiger partial charge on any atom is 0.182 e. The Bertz CT molecular complexity index is 184. The molecule has 10 heavy (non-hydrogen) atoms. The van der Waals surface area contributed by atoms with Crippen LogP contribution in [0.3, 0.4) is 0 Å². The molecule has 1 heterocycles. The van der Waals surface area contributed by atoms with Gasteiger partial charge in [-0.2, -0.15) is 0 Å². The summed E-state index contributed by atoms with van der Waals surface area (Å²) in [5.41, 5.74) is -0.0959. The lowest BCUT2D eigenvalue weighted by Crippen LogP contribution is -2.22. The molecule has 1 radical (unpaired) electrons. The molecule has 0 aliphatic heterocycles. The van der Waals surface area contributed by atoms with Crippen LogP contribution >= 0.6 is 11.3 Å². The van der Waals surface area contributed by atoms with Gasteiger partial charge < -0.3 is 4.74 Å². The van der Waals surface area contributed by atoms with Crippen molar-refractivity contribution in [1.82, 2.24) is 0 Å². The minimum atomic E-state index is -0.0959. The molecule has 0 aromatic carbocycles. The molecule has 0 fully saturated rings. The minimum absolute atomic E-state index is 0.0959. The zero-order valence-electron chi connectivity index (χ0n) is 6.47. The van der Waals surface area contributed by atoms with Crippen LogP contribution < -0.4 is 4.74 Å². The molecule has 1 aromatic rings. The highest BCUT2D eigenvalue weighted by Gasteiger charge is 2.11. The standard InChI is InChI=1S/C8H11OS/c1-8(2,3)9-7-5-4-6-10-7/h4,6H,1-3H3. The molecular weight excluding hydrogens is 144 g/mol. The Morgan fingerprint density at radius 1 is 1.50 bits per heavy atom. The third kappa shape index (κ3) is 2.40. The second kappa shape index (κ2) is 2.62. The third-order valence-electron chi connectivity index (χ3n) is 0.843. The van der Waals surface area contributed by atoms with E-state index in [4.69, 9.17) is 4.74 Å². The van der Waals surface area contributed by atoms with Crippen molar-refractivity contribution in [2.24, 2.45) is 0 Å².